The van der Waals surface area contributed by atoms with Crippen molar-refractivity contribution < 1.29 is 9.59 Å². The molecule has 0 bridgehead atoms. The van der Waals surface area contributed by atoms with Gasteiger partial charge in [-0.05, 0) is 25.1 Å². The molecule has 5 heteroatoms. The van der Waals surface area contributed by atoms with Gasteiger partial charge in [-0.25, -0.2) is 0 Å². The molecule has 0 fully saturated rings. The van der Waals surface area contributed by atoms with Gasteiger partial charge in [0, 0.05) is 12.1 Å². The topological polar surface area (TPSA) is 73.2 Å². The van der Waals surface area contributed by atoms with Gasteiger partial charge in [-0.3, -0.25) is 14.5 Å². The average molecular weight is 287 g/mol. The van der Waals surface area contributed by atoms with Crippen LogP contribution in [-0.2, 0) is 4.79 Å². The summed E-state index contributed by atoms with van der Waals surface area (Å²) in [4.78, 5) is 25.4. The zero-order valence-electron chi connectivity index (χ0n) is 12.7. The quantitative estimate of drug-likeness (QED) is 0.770. The van der Waals surface area contributed by atoms with Crippen LogP contribution < -0.4 is 5.32 Å². The molecule has 0 saturated carbocycles. The van der Waals surface area contributed by atoms with Gasteiger partial charge in [0.2, 0.25) is 5.91 Å². The molecule has 21 heavy (non-hydrogen) atoms. The van der Waals surface area contributed by atoms with Crippen LogP contribution in [0.25, 0.3) is 0 Å². The minimum atomic E-state index is -0.0844. The van der Waals surface area contributed by atoms with E-state index in [9.17, 15) is 9.59 Å². The Hall–Kier alpha value is -2.19. The molecule has 0 aliphatic carbocycles. The number of ketones is 1. The van der Waals surface area contributed by atoms with Crippen LogP contribution in [0.15, 0.2) is 24.3 Å². The summed E-state index contributed by atoms with van der Waals surface area (Å²) in [5.74, 6) is 0.247. The fourth-order valence-electron chi connectivity index (χ4n) is 1.74. The molecule has 0 saturated heterocycles. The molecule has 1 aromatic rings. The van der Waals surface area contributed by atoms with Crippen LogP contribution in [0.1, 0.15) is 29.8 Å². The highest BCUT2D eigenvalue weighted by molar-refractivity contribution is 5.97. The number of carbonyl (C=O) groups is 2. The molecule has 5 nitrogen and oxygen atoms in total. The molecule has 1 rings (SSSR count). The van der Waals surface area contributed by atoms with Crippen molar-refractivity contribution in [2.24, 2.45) is 5.92 Å². The maximum atomic E-state index is 12.0. The first kappa shape index (κ1) is 16.9. The molecule has 0 aliphatic heterocycles. The molecule has 0 spiro atoms. The lowest BCUT2D eigenvalue weighted by molar-refractivity contribution is -0.121. The molecule has 0 heterocycles. The molecule has 0 unspecified atom stereocenters. The minimum Gasteiger partial charge on any atom is -0.355 e. The van der Waals surface area contributed by atoms with Gasteiger partial charge in [-0.1, -0.05) is 26.0 Å². The van der Waals surface area contributed by atoms with Crippen molar-refractivity contribution in [3.05, 3.63) is 35.4 Å². The van der Waals surface area contributed by atoms with E-state index in [1.807, 2.05) is 19.9 Å². The number of likely N-dealkylation sites (N-methyl/N-ethyl adjacent to an activating group) is 1. The van der Waals surface area contributed by atoms with Crippen LogP contribution in [0.3, 0.4) is 0 Å². The lowest BCUT2D eigenvalue weighted by Gasteiger charge is -2.16. The van der Waals surface area contributed by atoms with Gasteiger partial charge in [-0.2, -0.15) is 5.26 Å². The van der Waals surface area contributed by atoms with Crippen molar-refractivity contribution in [3.8, 4) is 6.07 Å². The normalized spacial score (nSPS) is 10.5. The summed E-state index contributed by atoms with van der Waals surface area (Å²) < 4.78 is 0. The number of benzene rings is 1. The van der Waals surface area contributed by atoms with Crippen molar-refractivity contribution >= 4 is 11.7 Å². The van der Waals surface area contributed by atoms with Crippen molar-refractivity contribution in [1.82, 2.24) is 10.2 Å². The number of nitrogens with one attached hydrogen (secondary N) is 1. The summed E-state index contributed by atoms with van der Waals surface area (Å²) in [7, 11) is 1.73. The predicted molar refractivity (Wildman–Crippen MR) is 80.8 cm³/mol. The highest BCUT2D eigenvalue weighted by Gasteiger charge is 2.12. The highest BCUT2D eigenvalue weighted by atomic mass is 16.2. The Balaban J connectivity index is 2.46. The smallest absolute Gasteiger partial charge is 0.234 e. The Morgan fingerprint density at radius 1 is 1.24 bits per heavy atom. The van der Waals surface area contributed by atoms with E-state index in [-0.39, 0.29) is 24.8 Å². The van der Waals surface area contributed by atoms with Crippen molar-refractivity contribution in [1.29, 1.82) is 5.26 Å². The third-order valence-electron chi connectivity index (χ3n) is 2.87. The lowest BCUT2D eigenvalue weighted by atomic mass is 10.1. The monoisotopic (exact) mass is 287 g/mol. The number of rotatable bonds is 7. The van der Waals surface area contributed by atoms with Crippen LogP contribution in [0.5, 0.6) is 0 Å². The Bertz CT molecular complexity index is 529. The third-order valence-corrected chi connectivity index (χ3v) is 2.87. The van der Waals surface area contributed by atoms with Crippen molar-refractivity contribution in [2.75, 3.05) is 26.7 Å². The van der Waals surface area contributed by atoms with Crippen LogP contribution in [0.2, 0.25) is 0 Å². The van der Waals surface area contributed by atoms with E-state index in [0.717, 1.165) is 0 Å². The summed E-state index contributed by atoms with van der Waals surface area (Å²) in [5, 5.41) is 11.5. The number of Topliss-reactive ketones (excluding diaryl/α,β-unsaturated/α-hetero) is 1. The molecule has 112 valence electrons. The van der Waals surface area contributed by atoms with E-state index >= 15 is 0 Å². The highest BCUT2D eigenvalue weighted by Crippen LogP contribution is 2.05. The molecule has 0 atom stereocenters. The fourth-order valence-corrected chi connectivity index (χ4v) is 1.74. The van der Waals surface area contributed by atoms with Crippen molar-refractivity contribution in [2.45, 2.75) is 13.8 Å². The van der Waals surface area contributed by atoms with Crippen LogP contribution in [-0.4, -0.2) is 43.3 Å². The summed E-state index contributed by atoms with van der Waals surface area (Å²) in [6, 6.07) is 8.50. The minimum absolute atomic E-state index is 0.0707. The number of carbonyl (C=O) groups excluding carboxylic acids is 2. The van der Waals surface area contributed by atoms with Gasteiger partial charge < -0.3 is 5.32 Å². The molecule has 1 N–H and O–H groups in total. The van der Waals surface area contributed by atoms with Gasteiger partial charge in [0.05, 0.1) is 24.7 Å². The van der Waals surface area contributed by atoms with Crippen LogP contribution in [0.4, 0.5) is 0 Å². The molecule has 0 radical (unpaired) electrons. The molecule has 1 amide bonds. The largest absolute Gasteiger partial charge is 0.355 e. The zero-order valence-corrected chi connectivity index (χ0v) is 12.7. The number of hydrogen-bond donors (Lipinski definition) is 1. The Morgan fingerprint density at radius 3 is 2.38 bits per heavy atom. The Morgan fingerprint density at radius 2 is 1.86 bits per heavy atom. The first-order valence-electron chi connectivity index (χ1n) is 6.91. The van der Waals surface area contributed by atoms with E-state index in [2.05, 4.69) is 5.32 Å². The summed E-state index contributed by atoms with van der Waals surface area (Å²) in [6.45, 7) is 5.04. The zero-order chi connectivity index (χ0) is 15.8. The number of nitrogens with zero attached hydrogens (tertiary/aromatic N) is 2. The number of hydrogen-bond acceptors (Lipinski definition) is 4. The second-order valence-corrected chi connectivity index (χ2v) is 5.48. The lowest BCUT2D eigenvalue weighted by Crippen LogP contribution is -2.38. The molecular weight excluding hydrogens is 266 g/mol. The second-order valence-electron chi connectivity index (χ2n) is 5.48. The maximum Gasteiger partial charge on any atom is 0.234 e. The average Bonchev–Trinajstić information content (AvgIpc) is 2.45. The molecule has 1 aromatic carbocycles. The van der Waals surface area contributed by atoms with Gasteiger partial charge in [0.15, 0.2) is 5.78 Å². The van der Waals surface area contributed by atoms with E-state index in [4.69, 9.17) is 5.26 Å². The van der Waals surface area contributed by atoms with E-state index in [1.54, 1.807) is 36.2 Å². The Kier molecular flexibility index (Phi) is 6.57. The Labute approximate surface area is 125 Å². The maximum absolute atomic E-state index is 12.0. The molecular formula is C16H21N3O2. The fraction of sp³-hybridized carbons (Fsp3) is 0.438. The van der Waals surface area contributed by atoms with Crippen LogP contribution >= 0.6 is 0 Å². The number of nitriles is 1. The summed E-state index contributed by atoms with van der Waals surface area (Å²) >= 11 is 0. The van der Waals surface area contributed by atoms with Gasteiger partial charge in [-0.15, -0.1) is 0 Å². The van der Waals surface area contributed by atoms with Gasteiger partial charge in [0.25, 0.3) is 0 Å². The summed E-state index contributed by atoms with van der Waals surface area (Å²) in [6.07, 6.45) is 0. The second kappa shape index (κ2) is 8.18. The standard InChI is InChI=1S/C16H21N3O2/c1-12(2)9-18-16(21)11-19(3)10-15(20)14-6-4-13(8-17)5-7-14/h4-7,12H,9-11H2,1-3H3,(H,18,21). The molecule has 0 aromatic heterocycles. The predicted octanol–water partition coefficient (Wildman–Crippen LogP) is 1.44. The van der Waals surface area contributed by atoms with Gasteiger partial charge >= 0.3 is 0 Å². The first-order chi connectivity index (χ1) is 9.92. The first-order valence-corrected chi connectivity index (χ1v) is 6.91. The van der Waals surface area contributed by atoms with Gasteiger partial charge in [0.1, 0.15) is 0 Å². The van der Waals surface area contributed by atoms with E-state index in [1.165, 1.54) is 0 Å². The van der Waals surface area contributed by atoms with E-state index < -0.39 is 0 Å². The van der Waals surface area contributed by atoms with Crippen molar-refractivity contribution in [3.63, 3.8) is 0 Å². The van der Waals surface area contributed by atoms with E-state index in [0.29, 0.717) is 23.6 Å². The summed E-state index contributed by atoms with van der Waals surface area (Å²) in [5.41, 5.74) is 1.07. The third kappa shape index (κ3) is 6.19. The number of amides is 1. The van der Waals surface area contributed by atoms with Crippen LogP contribution in [0, 0.1) is 17.2 Å². The SMILES string of the molecule is CC(C)CNC(=O)CN(C)CC(=O)c1ccc(C#N)cc1. The molecule has 0 aliphatic rings.